The maximum atomic E-state index is 12.6. The van der Waals surface area contributed by atoms with Gasteiger partial charge in [0, 0.05) is 23.2 Å². The molecular formula is C17H22ClN3OS. The van der Waals surface area contributed by atoms with Gasteiger partial charge in [-0.1, -0.05) is 25.0 Å². The molecule has 0 saturated heterocycles. The molecule has 1 fully saturated rings. The molecule has 4 nitrogen and oxygen atoms in total. The number of halogens is 1. The lowest BCUT2D eigenvalue weighted by Crippen LogP contribution is -2.40. The second-order valence-corrected chi connectivity index (χ2v) is 7.04. The van der Waals surface area contributed by atoms with Crippen LogP contribution >= 0.6 is 23.7 Å². The summed E-state index contributed by atoms with van der Waals surface area (Å²) in [5.41, 5.74) is 8.28. The maximum absolute atomic E-state index is 12.6. The van der Waals surface area contributed by atoms with Crippen molar-refractivity contribution >= 4 is 35.3 Å². The molecule has 1 aliphatic rings. The number of carbonyl (C=O) groups is 1. The van der Waals surface area contributed by atoms with E-state index in [9.17, 15) is 4.79 Å². The summed E-state index contributed by atoms with van der Waals surface area (Å²) in [7, 11) is 0. The first kappa shape index (κ1) is 17.9. The fourth-order valence-corrected chi connectivity index (χ4v) is 3.71. The number of anilines is 1. The minimum absolute atomic E-state index is 0. The molecule has 23 heavy (non-hydrogen) atoms. The molecule has 0 spiro atoms. The average molecular weight is 352 g/mol. The minimum Gasteiger partial charge on any atom is -0.329 e. The van der Waals surface area contributed by atoms with Crippen LogP contribution in [0.2, 0.25) is 0 Å². The van der Waals surface area contributed by atoms with Crippen molar-refractivity contribution in [2.75, 3.05) is 11.9 Å². The third kappa shape index (κ3) is 3.74. The highest BCUT2D eigenvalue weighted by atomic mass is 35.5. The Kier molecular flexibility index (Phi) is 5.79. The van der Waals surface area contributed by atoms with E-state index in [-0.39, 0.29) is 23.7 Å². The van der Waals surface area contributed by atoms with E-state index in [1.54, 1.807) is 11.3 Å². The van der Waals surface area contributed by atoms with Gasteiger partial charge in [0.05, 0.1) is 16.1 Å². The van der Waals surface area contributed by atoms with Crippen LogP contribution in [0.3, 0.4) is 0 Å². The van der Waals surface area contributed by atoms with Crippen LogP contribution in [0.5, 0.6) is 0 Å². The number of hydrogen-bond acceptors (Lipinski definition) is 4. The molecule has 2 aromatic rings. The van der Waals surface area contributed by atoms with Crippen molar-refractivity contribution in [2.45, 2.75) is 32.6 Å². The van der Waals surface area contributed by atoms with Gasteiger partial charge in [0.15, 0.2) is 0 Å². The van der Waals surface area contributed by atoms with Crippen LogP contribution in [0, 0.1) is 12.3 Å². The number of rotatable bonds is 4. The highest BCUT2D eigenvalue weighted by molar-refractivity contribution is 7.09. The fourth-order valence-electron chi connectivity index (χ4n) is 3.09. The van der Waals surface area contributed by atoms with Gasteiger partial charge in [0.2, 0.25) is 5.91 Å². The smallest absolute Gasteiger partial charge is 0.231 e. The first-order chi connectivity index (χ1) is 10.6. The Hall–Kier alpha value is -1.43. The molecule has 1 aromatic carbocycles. The topological polar surface area (TPSA) is 68.0 Å². The molecule has 1 aromatic heterocycles. The normalized spacial score (nSPS) is 15.9. The third-order valence-electron chi connectivity index (χ3n) is 4.47. The Labute approximate surface area is 146 Å². The van der Waals surface area contributed by atoms with Crippen molar-refractivity contribution in [3.8, 4) is 11.3 Å². The minimum atomic E-state index is -0.382. The standard InChI is InChI=1S/C17H21N3OS.ClH/c1-12-19-15(10-22-12)13-5-4-6-14(9-13)20-16(21)17(11-18)7-2-3-8-17;/h4-6,9-10H,2-3,7-8,11,18H2,1H3,(H,20,21);1H. The van der Waals surface area contributed by atoms with Gasteiger partial charge in [-0.2, -0.15) is 0 Å². The number of carbonyl (C=O) groups excluding carboxylic acids is 1. The number of aryl methyl sites for hydroxylation is 1. The number of amides is 1. The molecule has 1 saturated carbocycles. The molecule has 1 aliphatic carbocycles. The lowest BCUT2D eigenvalue weighted by Gasteiger charge is -2.25. The maximum Gasteiger partial charge on any atom is 0.231 e. The van der Waals surface area contributed by atoms with Crippen LogP contribution in [-0.2, 0) is 4.79 Å². The summed E-state index contributed by atoms with van der Waals surface area (Å²) < 4.78 is 0. The molecule has 3 N–H and O–H groups in total. The molecule has 0 atom stereocenters. The summed E-state index contributed by atoms with van der Waals surface area (Å²) in [6, 6.07) is 7.85. The van der Waals surface area contributed by atoms with Crippen molar-refractivity contribution in [2.24, 2.45) is 11.1 Å². The number of nitrogens with two attached hydrogens (primary N) is 1. The fraction of sp³-hybridized carbons (Fsp3) is 0.412. The van der Waals surface area contributed by atoms with Gasteiger partial charge in [0.25, 0.3) is 0 Å². The van der Waals surface area contributed by atoms with Crippen LogP contribution < -0.4 is 11.1 Å². The van der Waals surface area contributed by atoms with E-state index < -0.39 is 0 Å². The van der Waals surface area contributed by atoms with Crippen LogP contribution in [0.1, 0.15) is 30.7 Å². The Morgan fingerprint density at radius 3 is 2.74 bits per heavy atom. The van der Waals surface area contributed by atoms with E-state index in [4.69, 9.17) is 5.73 Å². The summed E-state index contributed by atoms with van der Waals surface area (Å²) >= 11 is 1.63. The lowest BCUT2D eigenvalue weighted by atomic mass is 9.85. The number of hydrogen-bond donors (Lipinski definition) is 2. The first-order valence-corrected chi connectivity index (χ1v) is 8.55. The van der Waals surface area contributed by atoms with Crippen LogP contribution in [-0.4, -0.2) is 17.4 Å². The Balaban J connectivity index is 0.00000192. The largest absolute Gasteiger partial charge is 0.329 e. The summed E-state index contributed by atoms with van der Waals surface area (Å²) in [5.74, 6) is 0.0547. The average Bonchev–Trinajstić information content (AvgIpc) is 3.17. The molecule has 124 valence electrons. The highest BCUT2D eigenvalue weighted by Gasteiger charge is 2.39. The van der Waals surface area contributed by atoms with Crippen molar-refractivity contribution in [1.29, 1.82) is 0 Å². The van der Waals surface area contributed by atoms with Gasteiger partial charge in [0.1, 0.15) is 0 Å². The van der Waals surface area contributed by atoms with Crippen LogP contribution in [0.15, 0.2) is 29.6 Å². The summed E-state index contributed by atoms with van der Waals surface area (Å²) in [6.45, 7) is 2.41. The summed E-state index contributed by atoms with van der Waals surface area (Å²) in [6.07, 6.45) is 3.95. The lowest BCUT2D eigenvalue weighted by molar-refractivity contribution is -0.124. The third-order valence-corrected chi connectivity index (χ3v) is 5.24. The van der Waals surface area contributed by atoms with Gasteiger partial charge in [-0.3, -0.25) is 4.79 Å². The Morgan fingerprint density at radius 1 is 1.39 bits per heavy atom. The molecule has 0 aliphatic heterocycles. The second kappa shape index (κ2) is 7.43. The number of thiazole rings is 1. The predicted molar refractivity (Wildman–Crippen MR) is 98.1 cm³/mol. The van der Waals surface area contributed by atoms with Crippen molar-refractivity contribution in [3.05, 3.63) is 34.7 Å². The van der Waals surface area contributed by atoms with Crippen molar-refractivity contribution in [1.82, 2.24) is 4.98 Å². The molecular weight excluding hydrogens is 330 g/mol. The predicted octanol–water partition coefficient (Wildman–Crippen LogP) is 4.00. The zero-order chi connectivity index (χ0) is 15.6. The zero-order valence-corrected chi connectivity index (χ0v) is 14.8. The van der Waals surface area contributed by atoms with Crippen LogP contribution in [0.25, 0.3) is 11.3 Å². The van der Waals surface area contributed by atoms with E-state index in [1.165, 1.54) is 0 Å². The van der Waals surface area contributed by atoms with Crippen molar-refractivity contribution in [3.63, 3.8) is 0 Å². The Morgan fingerprint density at radius 2 is 2.13 bits per heavy atom. The quantitative estimate of drug-likeness (QED) is 0.874. The van der Waals surface area contributed by atoms with Crippen LogP contribution in [0.4, 0.5) is 5.69 Å². The molecule has 3 rings (SSSR count). The monoisotopic (exact) mass is 351 g/mol. The van der Waals surface area contributed by atoms with Gasteiger partial charge in [-0.15, -0.1) is 23.7 Å². The second-order valence-electron chi connectivity index (χ2n) is 5.98. The molecule has 1 amide bonds. The molecule has 0 radical (unpaired) electrons. The molecule has 6 heteroatoms. The SMILES string of the molecule is Cc1nc(-c2cccc(NC(=O)C3(CN)CCCC3)c2)cs1.Cl. The first-order valence-electron chi connectivity index (χ1n) is 7.67. The van der Waals surface area contributed by atoms with E-state index in [0.717, 1.165) is 47.6 Å². The molecule has 1 heterocycles. The number of nitrogens with zero attached hydrogens (tertiary/aromatic N) is 1. The summed E-state index contributed by atoms with van der Waals surface area (Å²) in [4.78, 5) is 17.1. The van der Waals surface area contributed by atoms with Gasteiger partial charge in [-0.05, 0) is 31.9 Å². The van der Waals surface area contributed by atoms with Gasteiger partial charge < -0.3 is 11.1 Å². The number of nitrogens with one attached hydrogen (secondary N) is 1. The Bertz CT molecular complexity index is 680. The van der Waals surface area contributed by atoms with Gasteiger partial charge >= 0.3 is 0 Å². The number of aromatic nitrogens is 1. The van der Waals surface area contributed by atoms with E-state index in [1.807, 2.05) is 36.6 Å². The number of benzene rings is 1. The molecule has 0 bridgehead atoms. The van der Waals surface area contributed by atoms with E-state index in [0.29, 0.717) is 6.54 Å². The van der Waals surface area contributed by atoms with E-state index in [2.05, 4.69) is 10.3 Å². The van der Waals surface area contributed by atoms with Gasteiger partial charge in [-0.25, -0.2) is 4.98 Å². The van der Waals surface area contributed by atoms with E-state index >= 15 is 0 Å². The molecule has 0 unspecified atom stereocenters. The van der Waals surface area contributed by atoms with Crippen molar-refractivity contribution < 1.29 is 4.79 Å². The highest BCUT2D eigenvalue weighted by Crippen LogP contribution is 2.38. The zero-order valence-electron chi connectivity index (χ0n) is 13.2. The summed E-state index contributed by atoms with van der Waals surface area (Å²) in [5, 5.41) is 6.12.